The highest BCUT2D eigenvalue weighted by molar-refractivity contribution is 7.18. The lowest BCUT2D eigenvalue weighted by atomic mass is 10.1. The number of amides is 1. The number of carbonyl (C=O) groups is 1. The zero-order valence-electron chi connectivity index (χ0n) is 15.1. The van der Waals surface area contributed by atoms with Crippen LogP contribution in [0.1, 0.15) is 23.5 Å². The summed E-state index contributed by atoms with van der Waals surface area (Å²) in [6.45, 7) is 3.80. The molecule has 0 saturated heterocycles. The van der Waals surface area contributed by atoms with Gasteiger partial charge in [0, 0.05) is 11.5 Å². The van der Waals surface area contributed by atoms with E-state index < -0.39 is 0 Å². The van der Waals surface area contributed by atoms with E-state index in [-0.39, 0.29) is 24.1 Å². The van der Waals surface area contributed by atoms with E-state index in [4.69, 9.17) is 0 Å². The maximum absolute atomic E-state index is 12.6. The van der Waals surface area contributed by atoms with Crippen LogP contribution in [0.25, 0.3) is 21.1 Å². The average molecular weight is 377 g/mol. The van der Waals surface area contributed by atoms with Gasteiger partial charge in [-0.25, -0.2) is 4.98 Å². The fraction of sp³-hybridized carbons (Fsp3) is 0.190. The smallest absolute Gasteiger partial charge is 0.251 e. The number of rotatable bonds is 4. The van der Waals surface area contributed by atoms with Crippen LogP contribution in [0.5, 0.6) is 0 Å². The third-order valence-corrected chi connectivity index (χ3v) is 5.80. The van der Waals surface area contributed by atoms with Crippen LogP contribution in [-0.4, -0.2) is 15.5 Å². The zero-order valence-corrected chi connectivity index (χ0v) is 15.9. The number of benzene rings is 2. The molecule has 2 aromatic carbocycles. The average Bonchev–Trinajstić information content (AvgIpc) is 3.09. The fourth-order valence-corrected chi connectivity index (χ4v) is 4.20. The molecule has 0 bridgehead atoms. The molecule has 5 nitrogen and oxygen atoms in total. The molecule has 0 radical (unpaired) electrons. The Balaban J connectivity index is 1.58. The van der Waals surface area contributed by atoms with Gasteiger partial charge in [0.15, 0.2) is 0 Å². The van der Waals surface area contributed by atoms with E-state index in [2.05, 4.69) is 10.3 Å². The Labute approximate surface area is 160 Å². The van der Waals surface area contributed by atoms with Crippen molar-refractivity contribution in [2.45, 2.75) is 26.4 Å². The van der Waals surface area contributed by atoms with Gasteiger partial charge in [-0.05, 0) is 37.6 Å². The van der Waals surface area contributed by atoms with Gasteiger partial charge in [-0.2, -0.15) is 0 Å². The summed E-state index contributed by atoms with van der Waals surface area (Å²) in [4.78, 5) is 29.6. The Morgan fingerprint density at radius 1 is 1.19 bits per heavy atom. The molecule has 1 N–H and O–H groups in total. The van der Waals surface area contributed by atoms with Crippen LogP contribution in [0.3, 0.4) is 0 Å². The number of pyridine rings is 1. The van der Waals surface area contributed by atoms with Crippen LogP contribution in [0.15, 0.2) is 59.4 Å². The summed E-state index contributed by atoms with van der Waals surface area (Å²) in [5.74, 6) is -0.210. The molecule has 4 rings (SSSR count). The molecule has 2 heterocycles. The molecule has 0 aliphatic rings. The van der Waals surface area contributed by atoms with Gasteiger partial charge in [0.1, 0.15) is 11.6 Å². The molecule has 0 saturated carbocycles. The van der Waals surface area contributed by atoms with Crippen molar-refractivity contribution in [3.05, 3.63) is 75.5 Å². The monoisotopic (exact) mass is 377 g/mol. The lowest BCUT2D eigenvalue weighted by molar-refractivity contribution is -0.122. The molecule has 136 valence electrons. The van der Waals surface area contributed by atoms with Crippen LogP contribution in [-0.2, 0) is 11.3 Å². The summed E-state index contributed by atoms with van der Waals surface area (Å²) in [6, 6.07) is 16.9. The summed E-state index contributed by atoms with van der Waals surface area (Å²) in [7, 11) is 0. The molecule has 1 atom stereocenters. The number of carbonyl (C=O) groups excluding carboxylic acids is 1. The second kappa shape index (κ2) is 6.96. The van der Waals surface area contributed by atoms with Gasteiger partial charge in [0.05, 0.1) is 21.8 Å². The highest BCUT2D eigenvalue weighted by Crippen LogP contribution is 2.26. The second-order valence-corrected chi connectivity index (χ2v) is 7.64. The molecular weight excluding hydrogens is 358 g/mol. The minimum absolute atomic E-state index is 0.0190. The van der Waals surface area contributed by atoms with Crippen molar-refractivity contribution in [3.8, 4) is 0 Å². The van der Waals surface area contributed by atoms with Gasteiger partial charge in [0.2, 0.25) is 5.91 Å². The molecule has 2 aromatic heterocycles. The first-order valence-electron chi connectivity index (χ1n) is 8.77. The van der Waals surface area contributed by atoms with Gasteiger partial charge in [0.25, 0.3) is 5.56 Å². The molecule has 0 aliphatic carbocycles. The van der Waals surface area contributed by atoms with Gasteiger partial charge in [-0.1, -0.05) is 30.3 Å². The molecule has 1 amide bonds. The minimum atomic E-state index is -0.220. The number of fused-ring (bicyclic) bond motifs is 2. The third kappa shape index (κ3) is 3.36. The zero-order chi connectivity index (χ0) is 19.0. The first-order chi connectivity index (χ1) is 13.0. The van der Waals surface area contributed by atoms with Gasteiger partial charge >= 0.3 is 0 Å². The van der Waals surface area contributed by atoms with Crippen molar-refractivity contribution in [2.75, 3.05) is 0 Å². The van der Waals surface area contributed by atoms with Crippen molar-refractivity contribution >= 4 is 38.4 Å². The van der Waals surface area contributed by atoms with Crippen molar-refractivity contribution in [3.63, 3.8) is 0 Å². The highest BCUT2D eigenvalue weighted by Gasteiger charge is 2.16. The lowest BCUT2D eigenvalue weighted by Gasteiger charge is -2.14. The van der Waals surface area contributed by atoms with Crippen molar-refractivity contribution < 1.29 is 4.79 Å². The normalized spacial score (nSPS) is 12.4. The topological polar surface area (TPSA) is 64.0 Å². The maximum atomic E-state index is 12.6. The molecule has 27 heavy (non-hydrogen) atoms. The Morgan fingerprint density at radius 2 is 1.93 bits per heavy atom. The Kier molecular flexibility index (Phi) is 4.49. The fourth-order valence-electron chi connectivity index (χ4n) is 3.23. The number of aromatic nitrogens is 2. The summed E-state index contributed by atoms with van der Waals surface area (Å²) in [5.41, 5.74) is 2.44. The van der Waals surface area contributed by atoms with Crippen LogP contribution < -0.4 is 10.9 Å². The maximum Gasteiger partial charge on any atom is 0.251 e. The Hall–Kier alpha value is -2.99. The van der Waals surface area contributed by atoms with Crippen LogP contribution in [0, 0.1) is 6.92 Å². The standard InChI is InChI=1S/C21H19N3O2S/c1-13-11-20(26)24(17-9-5-3-7-15(13)17)12-19(25)22-14(2)21-23-16-8-4-6-10-18(16)27-21/h3-11,14H,12H2,1-2H3,(H,22,25)/t14-/m1/s1. The van der Waals surface area contributed by atoms with E-state index in [1.165, 1.54) is 4.57 Å². The number of hydrogen-bond donors (Lipinski definition) is 1. The van der Waals surface area contributed by atoms with E-state index in [1.54, 1.807) is 17.4 Å². The Morgan fingerprint density at radius 3 is 2.74 bits per heavy atom. The van der Waals surface area contributed by atoms with Gasteiger partial charge < -0.3 is 5.32 Å². The van der Waals surface area contributed by atoms with Gasteiger partial charge in [-0.15, -0.1) is 11.3 Å². The summed E-state index contributed by atoms with van der Waals surface area (Å²) in [5, 5.41) is 4.79. The van der Waals surface area contributed by atoms with E-state index in [0.717, 1.165) is 31.7 Å². The summed E-state index contributed by atoms with van der Waals surface area (Å²) < 4.78 is 2.61. The molecule has 4 aromatic rings. The summed E-state index contributed by atoms with van der Waals surface area (Å²) in [6.07, 6.45) is 0. The van der Waals surface area contributed by atoms with Crippen molar-refractivity contribution in [2.24, 2.45) is 0 Å². The molecule has 0 spiro atoms. The van der Waals surface area contributed by atoms with Crippen molar-refractivity contribution in [1.82, 2.24) is 14.9 Å². The number of thiazole rings is 1. The first-order valence-corrected chi connectivity index (χ1v) is 9.58. The number of aryl methyl sites for hydroxylation is 1. The largest absolute Gasteiger partial charge is 0.346 e. The number of para-hydroxylation sites is 2. The van der Waals surface area contributed by atoms with Crippen LogP contribution in [0.4, 0.5) is 0 Å². The SMILES string of the molecule is Cc1cc(=O)n(CC(=O)N[C@H](C)c2nc3ccccc3s2)c2ccccc12. The third-order valence-electron chi connectivity index (χ3n) is 4.59. The second-order valence-electron chi connectivity index (χ2n) is 6.58. The first kappa shape index (κ1) is 17.4. The number of nitrogens with zero attached hydrogens (tertiary/aromatic N) is 2. The van der Waals surface area contributed by atoms with E-state index in [9.17, 15) is 9.59 Å². The number of nitrogens with one attached hydrogen (secondary N) is 1. The quantitative estimate of drug-likeness (QED) is 0.588. The van der Waals surface area contributed by atoms with E-state index >= 15 is 0 Å². The predicted octanol–water partition coefficient (Wildman–Crippen LogP) is 3.80. The summed E-state index contributed by atoms with van der Waals surface area (Å²) >= 11 is 1.57. The molecule has 6 heteroatoms. The molecule has 0 fully saturated rings. The van der Waals surface area contributed by atoms with Crippen LogP contribution in [0.2, 0.25) is 0 Å². The van der Waals surface area contributed by atoms with E-state index in [0.29, 0.717) is 0 Å². The van der Waals surface area contributed by atoms with Gasteiger partial charge in [-0.3, -0.25) is 14.2 Å². The molecule has 0 aliphatic heterocycles. The molecule has 0 unspecified atom stereocenters. The van der Waals surface area contributed by atoms with E-state index in [1.807, 2.05) is 62.4 Å². The highest BCUT2D eigenvalue weighted by atomic mass is 32.1. The Bertz CT molecular complexity index is 1180. The predicted molar refractivity (Wildman–Crippen MR) is 109 cm³/mol. The lowest BCUT2D eigenvalue weighted by Crippen LogP contribution is -2.34. The van der Waals surface area contributed by atoms with Crippen molar-refractivity contribution in [1.29, 1.82) is 0 Å². The minimum Gasteiger partial charge on any atom is -0.346 e. The number of hydrogen-bond acceptors (Lipinski definition) is 4. The molecular formula is C21H19N3O2S. The van der Waals surface area contributed by atoms with Crippen LogP contribution >= 0.6 is 11.3 Å².